The molecule has 2 aliphatic rings. The zero-order chi connectivity index (χ0) is 19.3. The molecule has 0 aliphatic carbocycles. The Balaban J connectivity index is 0.00000240. The SMILES string of the molecule is CN=C(NCC1COc2ccccc2O1)NCC1CC(=O)Nc2ccccc21.I. The summed E-state index contributed by atoms with van der Waals surface area (Å²) >= 11 is 0. The van der Waals surface area contributed by atoms with Crippen LogP contribution >= 0.6 is 24.0 Å². The Labute approximate surface area is 187 Å². The average molecular weight is 508 g/mol. The second kappa shape index (κ2) is 9.82. The molecule has 2 aromatic rings. The predicted molar refractivity (Wildman–Crippen MR) is 124 cm³/mol. The smallest absolute Gasteiger partial charge is 0.225 e. The van der Waals surface area contributed by atoms with E-state index in [0.29, 0.717) is 32.1 Å². The monoisotopic (exact) mass is 508 g/mol. The van der Waals surface area contributed by atoms with Gasteiger partial charge in [0.15, 0.2) is 17.5 Å². The Kier molecular flexibility index (Phi) is 7.18. The molecule has 2 unspecified atom stereocenters. The molecule has 2 atom stereocenters. The summed E-state index contributed by atoms with van der Waals surface area (Å²) in [5.74, 6) is 2.35. The molecule has 2 aromatic carbocycles. The third-order valence-electron chi connectivity index (χ3n) is 4.91. The van der Waals surface area contributed by atoms with E-state index < -0.39 is 0 Å². The topological polar surface area (TPSA) is 84.0 Å². The number of anilines is 1. The van der Waals surface area contributed by atoms with E-state index in [0.717, 1.165) is 22.7 Å². The largest absolute Gasteiger partial charge is 0.486 e. The van der Waals surface area contributed by atoms with Crippen molar-refractivity contribution in [2.24, 2.45) is 4.99 Å². The molecule has 0 bridgehead atoms. The highest BCUT2D eigenvalue weighted by Gasteiger charge is 2.25. The van der Waals surface area contributed by atoms with Gasteiger partial charge in [-0.05, 0) is 23.8 Å². The molecule has 0 fully saturated rings. The number of rotatable bonds is 4. The fourth-order valence-electron chi connectivity index (χ4n) is 3.50. The van der Waals surface area contributed by atoms with Crippen molar-refractivity contribution in [3.8, 4) is 11.5 Å². The van der Waals surface area contributed by atoms with Gasteiger partial charge in [-0.1, -0.05) is 30.3 Å². The molecule has 4 rings (SSSR count). The number of amides is 1. The number of benzene rings is 2. The maximum atomic E-state index is 12.0. The van der Waals surface area contributed by atoms with E-state index in [-0.39, 0.29) is 41.9 Å². The Bertz CT molecular complexity index is 890. The van der Waals surface area contributed by atoms with Crippen molar-refractivity contribution < 1.29 is 14.3 Å². The Morgan fingerprint density at radius 2 is 1.83 bits per heavy atom. The molecule has 29 heavy (non-hydrogen) atoms. The quantitative estimate of drug-likeness (QED) is 0.336. The van der Waals surface area contributed by atoms with Crippen molar-refractivity contribution >= 4 is 41.5 Å². The van der Waals surface area contributed by atoms with Gasteiger partial charge in [0.1, 0.15) is 12.7 Å². The summed E-state index contributed by atoms with van der Waals surface area (Å²) in [5.41, 5.74) is 2.03. The van der Waals surface area contributed by atoms with Crippen molar-refractivity contribution in [2.45, 2.75) is 18.4 Å². The molecule has 2 aliphatic heterocycles. The lowest BCUT2D eigenvalue weighted by molar-refractivity contribution is -0.116. The minimum atomic E-state index is -0.102. The van der Waals surface area contributed by atoms with Crippen LogP contribution < -0.4 is 25.4 Å². The van der Waals surface area contributed by atoms with Gasteiger partial charge in [-0.2, -0.15) is 0 Å². The summed E-state index contributed by atoms with van der Waals surface area (Å²) in [6, 6.07) is 15.6. The number of nitrogens with zero attached hydrogens (tertiary/aromatic N) is 1. The highest BCUT2D eigenvalue weighted by atomic mass is 127. The van der Waals surface area contributed by atoms with Gasteiger partial charge < -0.3 is 25.4 Å². The molecule has 8 heteroatoms. The van der Waals surface area contributed by atoms with Crippen molar-refractivity contribution in [1.82, 2.24) is 10.6 Å². The Hall–Kier alpha value is -2.49. The Morgan fingerprint density at radius 3 is 2.66 bits per heavy atom. The van der Waals surface area contributed by atoms with Crippen molar-refractivity contribution in [2.75, 3.05) is 32.1 Å². The molecular weight excluding hydrogens is 483 g/mol. The van der Waals surface area contributed by atoms with Crippen LogP contribution in [0.15, 0.2) is 53.5 Å². The van der Waals surface area contributed by atoms with E-state index in [1.807, 2.05) is 42.5 Å². The summed E-state index contributed by atoms with van der Waals surface area (Å²) in [6.45, 7) is 1.67. The van der Waals surface area contributed by atoms with Crippen LogP contribution in [0.5, 0.6) is 11.5 Å². The number of halogens is 1. The number of para-hydroxylation sites is 3. The lowest BCUT2D eigenvalue weighted by Gasteiger charge is -2.28. The highest BCUT2D eigenvalue weighted by Crippen LogP contribution is 2.32. The summed E-state index contributed by atoms with van der Waals surface area (Å²) in [5, 5.41) is 9.52. The van der Waals surface area contributed by atoms with Gasteiger partial charge in [0.25, 0.3) is 0 Å². The normalized spacial score (nSPS) is 20.0. The number of aliphatic imine (C=N–C) groups is 1. The fourth-order valence-corrected chi connectivity index (χ4v) is 3.50. The van der Waals surface area contributed by atoms with Gasteiger partial charge in [-0.25, -0.2) is 0 Å². The molecule has 3 N–H and O–H groups in total. The minimum absolute atomic E-state index is 0. The van der Waals surface area contributed by atoms with Crippen LogP contribution in [0.2, 0.25) is 0 Å². The Morgan fingerprint density at radius 1 is 1.10 bits per heavy atom. The van der Waals surface area contributed by atoms with Crippen molar-refractivity contribution in [3.05, 3.63) is 54.1 Å². The summed E-state index contributed by atoms with van der Waals surface area (Å²) in [6.07, 6.45) is 0.354. The first-order valence-corrected chi connectivity index (χ1v) is 9.44. The van der Waals surface area contributed by atoms with Crippen LogP contribution in [-0.2, 0) is 4.79 Å². The second-order valence-electron chi connectivity index (χ2n) is 6.87. The van der Waals surface area contributed by atoms with Crippen LogP contribution in [0.1, 0.15) is 17.9 Å². The van der Waals surface area contributed by atoms with Crippen LogP contribution in [0.25, 0.3) is 0 Å². The van der Waals surface area contributed by atoms with Crippen molar-refractivity contribution in [1.29, 1.82) is 0 Å². The number of hydrogen-bond donors (Lipinski definition) is 3. The maximum absolute atomic E-state index is 12.0. The molecule has 0 saturated carbocycles. The predicted octanol–water partition coefficient (Wildman–Crippen LogP) is 2.74. The number of nitrogens with one attached hydrogen (secondary N) is 3. The number of carbonyl (C=O) groups excluding carboxylic acids is 1. The molecule has 0 saturated heterocycles. The number of guanidine groups is 1. The first kappa shape index (κ1) is 21.2. The molecule has 0 spiro atoms. The lowest BCUT2D eigenvalue weighted by Crippen LogP contribution is -2.46. The third-order valence-corrected chi connectivity index (χ3v) is 4.91. The van der Waals surface area contributed by atoms with Crippen LogP contribution in [0, 0.1) is 0 Å². The number of fused-ring (bicyclic) bond motifs is 2. The van der Waals surface area contributed by atoms with Crippen molar-refractivity contribution in [3.63, 3.8) is 0 Å². The molecule has 2 heterocycles. The van der Waals surface area contributed by atoms with E-state index in [1.54, 1.807) is 7.05 Å². The van der Waals surface area contributed by atoms with Crippen LogP contribution in [-0.4, -0.2) is 44.7 Å². The fraction of sp³-hybridized carbons (Fsp3) is 0.333. The standard InChI is InChI=1S/C21H24N4O3.HI/c1-22-21(24-12-15-13-27-18-8-4-5-9-19(18)28-15)23-11-14-10-20(26)25-17-7-3-2-6-16(14)17;/h2-9,14-15H,10-13H2,1H3,(H,25,26)(H2,22,23,24);1H. The van der Waals surface area contributed by atoms with Gasteiger partial charge in [-0.3, -0.25) is 9.79 Å². The number of hydrogen-bond acceptors (Lipinski definition) is 4. The van der Waals surface area contributed by atoms with Gasteiger partial charge in [0, 0.05) is 31.6 Å². The van der Waals surface area contributed by atoms with Gasteiger partial charge in [-0.15, -0.1) is 24.0 Å². The highest BCUT2D eigenvalue weighted by molar-refractivity contribution is 14.0. The van der Waals surface area contributed by atoms with E-state index >= 15 is 0 Å². The third kappa shape index (κ3) is 5.11. The van der Waals surface area contributed by atoms with E-state index in [9.17, 15) is 4.79 Å². The first-order valence-electron chi connectivity index (χ1n) is 9.44. The molecule has 0 radical (unpaired) electrons. The maximum Gasteiger partial charge on any atom is 0.225 e. The summed E-state index contributed by atoms with van der Waals surface area (Å²) < 4.78 is 11.7. The van der Waals surface area contributed by atoms with Crippen LogP contribution in [0.4, 0.5) is 5.69 Å². The van der Waals surface area contributed by atoms with Gasteiger partial charge >= 0.3 is 0 Å². The van der Waals surface area contributed by atoms with E-state index in [4.69, 9.17) is 9.47 Å². The average Bonchev–Trinajstić information content (AvgIpc) is 2.73. The second-order valence-corrected chi connectivity index (χ2v) is 6.87. The molecule has 1 amide bonds. The van der Waals surface area contributed by atoms with E-state index in [1.165, 1.54) is 0 Å². The zero-order valence-corrected chi connectivity index (χ0v) is 18.5. The summed E-state index contributed by atoms with van der Waals surface area (Å²) in [4.78, 5) is 16.2. The molecule has 154 valence electrons. The molecule has 0 aromatic heterocycles. The minimum Gasteiger partial charge on any atom is -0.486 e. The van der Waals surface area contributed by atoms with Gasteiger partial charge in [0.05, 0.1) is 6.54 Å². The molecule has 7 nitrogen and oxygen atoms in total. The first-order chi connectivity index (χ1) is 13.7. The van der Waals surface area contributed by atoms with Crippen LogP contribution in [0.3, 0.4) is 0 Å². The van der Waals surface area contributed by atoms with Gasteiger partial charge in [0.2, 0.25) is 5.91 Å². The molecular formula is C21H25IN4O3. The lowest BCUT2D eigenvalue weighted by atomic mass is 9.90. The summed E-state index contributed by atoms with van der Waals surface area (Å²) in [7, 11) is 1.73. The number of carbonyl (C=O) groups is 1. The van der Waals surface area contributed by atoms with E-state index in [2.05, 4.69) is 27.0 Å². The zero-order valence-electron chi connectivity index (χ0n) is 16.2. The number of ether oxygens (including phenoxy) is 2.